The minimum atomic E-state index is -0.971. The minimum Gasteiger partial charge on any atom is -0.372 e. The zero-order valence-electron chi connectivity index (χ0n) is 14.4. The molecule has 2 aromatic carbocycles. The van der Waals surface area contributed by atoms with E-state index < -0.39 is 22.3 Å². The SMILES string of the molecule is CCN(CC)c1ccc(NC(=O)c2ccc(F)c([N+](=O)[O-])c2)c(C)c1. The Labute approximate surface area is 145 Å². The number of nitro groups is 1. The monoisotopic (exact) mass is 345 g/mol. The van der Waals surface area contributed by atoms with E-state index in [0.29, 0.717) is 5.69 Å². The smallest absolute Gasteiger partial charge is 0.305 e. The van der Waals surface area contributed by atoms with Crippen molar-refractivity contribution in [1.82, 2.24) is 0 Å². The summed E-state index contributed by atoms with van der Waals surface area (Å²) in [6, 6.07) is 8.74. The van der Waals surface area contributed by atoms with E-state index in [1.165, 1.54) is 6.07 Å². The van der Waals surface area contributed by atoms with Crippen LogP contribution in [0.5, 0.6) is 0 Å². The number of nitrogens with zero attached hydrogens (tertiary/aromatic N) is 2. The highest BCUT2D eigenvalue weighted by atomic mass is 19.1. The van der Waals surface area contributed by atoms with E-state index in [2.05, 4.69) is 24.1 Å². The summed E-state index contributed by atoms with van der Waals surface area (Å²) in [4.78, 5) is 24.4. The Bertz CT molecular complexity index is 804. The molecule has 6 nitrogen and oxygen atoms in total. The van der Waals surface area contributed by atoms with Crippen molar-refractivity contribution in [1.29, 1.82) is 0 Å². The molecule has 0 aliphatic heterocycles. The maximum Gasteiger partial charge on any atom is 0.305 e. The number of nitro benzene ring substituents is 1. The van der Waals surface area contributed by atoms with Crippen molar-refractivity contribution in [2.45, 2.75) is 20.8 Å². The zero-order valence-corrected chi connectivity index (χ0v) is 14.4. The third-order valence-electron chi connectivity index (χ3n) is 3.99. The molecule has 0 spiro atoms. The fourth-order valence-corrected chi connectivity index (χ4v) is 2.56. The van der Waals surface area contributed by atoms with Gasteiger partial charge in [-0.3, -0.25) is 14.9 Å². The van der Waals surface area contributed by atoms with Crippen LogP contribution in [0.2, 0.25) is 0 Å². The predicted octanol–water partition coefficient (Wildman–Crippen LogP) is 4.14. The van der Waals surface area contributed by atoms with Crippen LogP contribution in [0.15, 0.2) is 36.4 Å². The summed E-state index contributed by atoms with van der Waals surface area (Å²) in [5.74, 6) is -1.50. The molecule has 0 aliphatic rings. The van der Waals surface area contributed by atoms with Crippen molar-refractivity contribution in [3.05, 3.63) is 63.5 Å². The van der Waals surface area contributed by atoms with Crippen LogP contribution >= 0.6 is 0 Å². The summed E-state index contributed by atoms with van der Waals surface area (Å²) in [6.07, 6.45) is 0. The molecular formula is C18H20FN3O3. The number of anilines is 2. The highest BCUT2D eigenvalue weighted by Crippen LogP contribution is 2.24. The maximum atomic E-state index is 13.4. The summed E-state index contributed by atoms with van der Waals surface area (Å²) < 4.78 is 13.4. The molecule has 0 aliphatic carbocycles. The first kappa shape index (κ1) is 18.4. The van der Waals surface area contributed by atoms with Gasteiger partial charge >= 0.3 is 5.69 Å². The Kier molecular flexibility index (Phi) is 5.69. The van der Waals surface area contributed by atoms with Gasteiger partial charge in [-0.15, -0.1) is 0 Å². The molecule has 132 valence electrons. The molecule has 0 fully saturated rings. The van der Waals surface area contributed by atoms with Crippen molar-refractivity contribution >= 4 is 23.0 Å². The molecule has 25 heavy (non-hydrogen) atoms. The van der Waals surface area contributed by atoms with Gasteiger partial charge in [0.15, 0.2) is 0 Å². The number of rotatable bonds is 6. The third-order valence-corrected chi connectivity index (χ3v) is 3.99. The Balaban J connectivity index is 2.23. The summed E-state index contributed by atoms with van der Waals surface area (Å²) in [6.45, 7) is 7.75. The summed E-state index contributed by atoms with van der Waals surface area (Å²) >= 11 is 0. The average Bonchev–Trinajstić information content (AvgIpc) is 2.58. The van der Waals surface area contributed by atoms with Gasteiger partial charge in [0.1, 0.15) is 0 Å². The number of hydrogen-bond acceptors (Lipinski definition) is 4. The molecule has 0 saturated heterocycles. The zero-order chi connectivity index (χ0) is 18.6. The van der Waals surface area contributed by atoms with Gasteiger partial charge in [0.05, 0.1) is 4.92 Å². The van der Waals surface area contributed by atoms with Gasteiger partial charge in [0, 0.05) is 36.1 Å². The lowest BCUT2D eigenvalue weighted by Gasteiger charge is -2.22. The number of nitrogens with one attached hydrogen (secondary N) is 1. The highest BCUT2D eigenvalue weighted by Gasteiger charge is 2.18. The second-order valence-electron chi connectivity index (χ2n) is 5.55. The number of carbonyl (C=O) groups is 1. The maximum absolute atomic E-state index is 13.4. The van der Waals surface area contributed by atoms with Crippen molar-refractivity contribution in [2.75, 3.05) is 23.3 Å². The highest BCUT2D eigenvalue weighted by molar-refractivity contribution is 6.05. The second kappa shape index (κ2) is 7.74. The van der Waals surface area contributed by atoms with Gasteiger partial charge < -0.3 is 10.2 Å². The van der Waals surface area contributed by atoms with Crippen LogP contribution in [0.3, 0.4) is 0 Å². The Hall–Kier alpha value is -2.96. The summed E-state index contributed by atoms with van der Waals surface area (Å²) in [5.41, 5.74) is 1.83. The van der Waals surface area contributed by atoms with Crippen LogP contribution in [-0.4, -0.2) is 23.9 Å². The van der Waals surface area contributed by atoms with Crippen LogP contribution in [0.4, 0.5) is 21.5 Å². The van der Waals surface area contributed by atoms with Gasteiger partial charge in [0.25, 0.3) is 5.91 Å². The van der Waals surface area contributed by atoms with Crippen molar-refractivity contribution in [2.24, 2.45) is 0 Å². The van der Waals surface area contributed by atoms with E-state index in [1.807, 2.05) is 19.1 Å². The Morgan fingerprint density at radius 3 is 2.44 bits per heavy atom. The summed E-state index contributed by atoms with van der Waals surface area (Å²) in [5, 5.41) is 13.5. The quantitative estimate of drug-likeness (QED) is 0.630. The van der Waals surface area contributed by atoms with E-state index in [1.54, 1.807) is 6.07 Å². The number of halogens is 1. The number of amides is 1. The first-order chi connectivity index (χ1) is 11.9. The lowest BCUT2D eigenvalue weighted by atomic mass is 10.1. The summed E-state index contributed by atoms with van der Waals surface area (Å²) in [7, 11) is 0. The van der Waals surface area contributed by atoms with E-state index in [0.717, 1.165) is 36.5 Å². The van der Waals surface area contributed by atoms with Gasteiger partial charge in [-0.25, -0.2) is 0 Å². The molecule has 0 aromatic heterocycles. The van der Waals surface area contributed by atoms with E-state index in [9.17, 15) is 19.3 Å². The third kappa shape index (κ3) is 4.12. The Morgan fingerprint density at radius 2 is 1.88 bits per heavy atom. The van der Waals surface area contributed by atoms with Crippen molar-refractivity contribution in [3.63, 3.8) is 0 Å². The second-order valence-corrected chi connectivity index (χ2v) is 5.55. The van der Waals surface area contributed by atoms with Crippen LogP contribution < -0.4 is 10.2 Å². The van der Waals surface area contributed by atoms with Crippen LogP contribution in [0.1, 0.15) is 29.8 Å². The fourth-order valence-electron chi connectivity index (χ4n) is 2.56. The first-order valence-corrected chi connectivity index (χ1v) is 7.98. The number of aryl methyl sites for hydroxylation is 1. The number of hydrogen-bond donors (Lipinski definition) is 1. The van der Waals surface area contributed by atoms with E-state index in [-0.39, 0.29) is 5.56 Å². The molecule has 0 atom stereocenters. The lowest BCUT2D eigenvalue weighted by Crippen LogP contribution is -2.22. The van der Waals surface area contributed by atoms with Crippen LogP contribution in [0.25, 0.3) is 0 Å². The Morgan fingerprint density at radius 1 is 1.20 bits per heavy atom. The largest absolute Gasteiger partial charge is 0.372 e. The van der Waals surface area contributed by atoms with Gasteiger partial charge in [0.2, 0.25) is 5.82 Å². The molecule has 2 rings (SSSR count). The average molecular weight is 345 g/mol. The van der Waals surface area contributed by atoms with Gasteiger partial charge in [-0.1, -0.05) is 0 Å². The predicted molar refractivity (Wildman–Crippen MR) is 95.7 cm³/mol. The van der Waals surface area contributed by atoms with Crippen molar-refractivity contribution < 1.29 is 14.1 Å². The molecule has 2 aromatic rings. The standard InChI is InChI=1S/C18H20FN3O3/c1-4-21(5-2)14-7-9-16(12(3)10-14)20-18(23)13-6-8-15(19)17(11-13)22(24)25/h6-11H,4-5H2,1-3H3,(H,20,23). The van der Waals surface area contributed by atoms with Gasteiger partial charge in [-0.05, 0) is 56.7 Å². The molecule has 1 amide bonds. The molecular weight excluding hydrogens is 325 g/mol. The fraction of sp³-hybridized carbons (Fsp3) is 0.278. The molecule has 0 bridgehead atoms. The number of carbonyl (C=O) groups excluding carboxylic acids is 1. The minimum absolute atomic E-state index is 0.0281. The van der Waals surface area contributed by atoms with Crippen molar-refractivity contribution in [3.8, 4) is 0 Å². The number of benzene rings is 2. The molecule has 1 N–H and O–H groups in total. The normalized spacial score (nSPS) is 10.4. The molecule has 0 unspecified atom stereocenters. The van der Waals surface area contributed by atoms with Gasteiger partial charge in [-0.2, -0.15) is 4.39 Å². The van der Waals surface area contributed by atoms with E-state index >= 15 is 0 Å². The molecule has 0 radical (unpaired) electrons. The topological polar surface area (TPSA) is 75.5 Å². The van der Waals surface area contributed by atoms with Crippen LogP contribution in [-0.2, 0) is 0 Å². The lowest BCUT2D eigenvalue weighted by molar-refractivity contribution is -0.387. The molecule has 0 heterocycles. The molecule has 0 saturated carbocycles. The van der Waals surface area contributed by atoms with Crippen LogP contribution in [0, 0.1) is 22.9 Å². The first-order valence-electron chi connectivity index (χ1n) is 7.98. The molecule has 7 heteroatoms. The van der Waals surface area contributed by atoms with E-state index in [4.69, 9.17) is 0 Å².